The van der Waals surface area contributed by atoms with Gasteiger partial charge in [0.15, 0.2) is 0 Å². The highest BCUT2D eigenvalue weighted by molar-refractivity contribution is 4.85. The van der Waals surface area contributed by atoms with Gasteiger partial charge in [-0.3, -0.25) is 0 Å². The Morgan fingerprint density at radius 3 is 2.64 bits per heavy atom. The molecule has 1 aliphatic carbocycles. The van der Waals surface area contributed by atoms with Crippen LogP contribution in [-0.4, -0.2) is 31.2 Å². The summed E-state index contributed by atoms with van der Waals surface area (Å²) < 4.78 is 29.0. The van der Waals surface area contributed by atoms with Crippen LogP contribution in [0.5, 0.6) is 0 Å². The molecule has 0 aromatic heterocycles. The number of alkyl halides is 2. The maximum absolute atomic E-state index is 11.9. The second-order valence-corrected chi connectivity index (χ2v) is 4.12. The minimum atomic E-state index is -2.35. The van der Waals surface area contributed by atoms with E-state index < -0.39 is 13.0 Å². The summed E-state index contributed by atoms with van der Waals surface area (Å²) in [5, 5.41) is 3.35. The Labute approximate surface area is 84.0 Å². The van der Waals surface area contributed by atoms with E-state index in [0.29, 0.717) is 6.04 Å². The number of nitrogens with one attached hydrogen (secondary N) is 1. The van der Waals surface area contributed by atoms with Crippen molar-refractivity contribution in [2.24, 2.45) is 0 Å². The Kier molecular flexibility index (Phi) is 4.75. The van der Waals surface area contributed by atoms with E-state index in [1.807, 2.05) is 0 Å². The second-order valence-electron chi connectivity index (χ2n) is 4.12. The van der Waals surface area contributed by atoms with Crippen molar-refractivity contribution in [2.45, 2.75) is 57.7 Å². The molecule has 14 heavy (non-hydrogen) atoms. The molecule has 0 aliphatic heterocycles. The van der Waals surface area contributed by atoms with Crippen molar-refractivity contribution in [3.63, 3.8) is 0 Å². The van der Waals surface area contributed by atoms with Gasteiger partial charge in [-0.15, -0.1) is 0 Å². The van der Waals surface area contributed by atoms with Crippen LogP contribution in [0.1, 0.15) is 33.1 Å². The molecule has 0 spiro atoms. The number of hydrogen-bond acceptors (Lipinski definition) is 2. The zero-order valence-electron chi connectivity index (χ0n) is 8.80. The van der Waals surface area contributed by atoms with Crippen LogP contribution < -0.4 is 5.32 Å². The lowest BCUT2D eigenvalue weighted by molar-refractivity contribution is -0.0310. The Balaban J connectivity index is 2.28. The summed E-state index contributed by atoms with van der Waals surface area (Å²) in [6, 6.07) is 0.643. The average Bonchev–Trinajstić information content (AvgIpc) is 2.47. The van der Waals surface area contributed by atoms with E-state index in [4.69, 9.17) is 4.74 Å². The average molecular weight is 207 g/mol. The van der Waals surface area contributed by atoms with Gasteiger partial charge in [0.2, 0.25) is 0 Å². The molecule has 0 radical (unpaired) electrons. The zero-order chi connectivity index (χ0) is 10.6. The molecule has 1 rings (SSSR count). The number of ether oxygens (including phenoxy) is 1. The molecular formula is C10H19F2NO. The summed E-state index contributed by atoms with van der Waals surface area (Å²) in [5.74, 6) is 0. The molecule has 4 heteroatoms. The predicted molar refractivity (Wildman–Crippen MR) is 51.7 cm³/mol. The standard InChI is InChI=1S/C10H19F2NO/c1-7(2)13-8-4-3-5-9(8)14-6-10(11)12/h7-10,13H,3-6H2,1-2H3/t8-,9+/m1/s1. The van der Waals surface area contributed by atoms with Gasteiger partial charge in [0, 0.05) is 12.1 Å². The van der Waals surface area contributed by atoms with Gasteiger partial charge < -0.3 is 10.1 Å². The van der Waals surface area contributed by atoms with E-state index in [9.17, 15) is 8.78 Å². The number of hydrogen-bond donors (Lipinski definition) is 1. The van der Waals surface area contributed by atoms with Crippen molar-refractivity contribution < 1.29 is 13.5 Å². The fourth-order valence-electron chi connectivity index (χ4n) is 1.94. The minimum Gasteiger partial charge on any atom is -0.371 e. The first-order valence-corrected chi connectivity index (χ1v) is 5.25. The van der Waals surface area contributed by atoms with Crippen LogP contribution in [0.15, 0.2) is 0 Å². The summed E-state index contributed by atoms with van der Waals surface area (Å²) in [6.07, 6.45) is 0.628. The van der Waals surface area contributed by atoms with Gasteiger partial charge in [-0.1, -0.05) is 13.8 Å². The van der Waals surface area contributed by atoms with Gasteiger partial charge in [0.05, 0.1) is 6.10 Å². The summed E-state index contributed by atoms with van der Waals surface area (Å²) in [5.41, 5.74) is 0. The molecule has 2 atom stereocenters. The third kappa shape index (κ3) is 3.88. The van der Waals surface area contributed by atoms with E-state index in [-0.39, 0.29) is 12.1 Å². The number of halogens is 2. The van der Waals surface area contributed by atoms with Crippen molar-refractivity contribution in [2.75, 3.05) is 6.61 Å². The van der Waals surface area contributed by atoms with Gasteiger partial charge in [0.25, 0.3) is 6.43 Å². The Bertz CT molecular complexity index is 164. The third-order valence-electron chi connectivity index (χ3n) is 2.44. The maximum Gasteiger partial charge on any atom is 0.261 e. The van der Waals surface area contributed by atoms with Crippen molar-refractivity contribution in [1.29, 1.82) is 0 Å². The van der Waals surface area contributed by atoms with Gasteiger partial charge in [-0.2, -0.15) is 0 Å². The molecule has 0 amide bonds. The third-order valence-corrected chi connectivity index (χ3v) is 2.44. The van der Waals surface area contributed by atoms with Gasteiger partial charge in [0.1, 0.15) is 6.61 Å². The molecule has 0 saturated heterocycles. The predicted octanol–water partition coefficient (Wildman–Crippen LogP) is 2.19. The van der Waals surface area contributed by atoms with Crippen LogP contribution in [0.25, 0.3) is 0 Å². The quantitative estimate of drug-likeness (QED) is 0.746. The van der Waals surface area contributed by atoms with Crippen LogP contribution in [0.3, 0.4) is 0 Å². The molecule has 0 aromatic carbocycles. The van der Waals surface area contributed by atoms with Gasteiger partial charge in [-0.25, -0.2) is 8.78 Å². The van der Waals surface area contributed by atoms with Crippen molar-refractivity contribution in [3.05, 3.63) is 0 Å². The smallest absolute Gasteiger partial charge is 0.261 e. The molecule has 0 aromatic rings. The molecule has 1 N–H and O–H groups in total. The molecule has 0 unspecified atom stereocenters. The first kappa shape index (κ1) is 11.9. The van der Waals surface area contributed by atoms with E-state index in [1.165, 1.54) is 0 Å². The second kappa shape index (κ2) is 5.61. The fraction of sp³-hybridized carbons (Fsp3) is 1.00. The van der Waals surface area contributed by atoms with Crippen molar-refractivity contribution in [3.8, 4) is 0 Å². The Hall–Kier alpha value is -0.220. The summed E-state index contributed by atoms with van der Waals surface area (Å²) in [4.78, 5) is 0. The summed E-state index contributed by atoms with van der Waals surface area (Å²) in [7, 11) is 0. The van der Waals surface area contributed by atoms with E-state index in [2.05, 4.69) is 19.2 Å². The largest absolute Gasteiger partial charge is 0.371 e. The van der Waals surface area contributed by atoms with Crippen LogP contribution in [0, 0.1) is 0 Å². The number of rotatable bonds is 5. The molecule has 1 saturated carbocycles. The van der Waals surface area contributed by atoms with Crippen LogP contribution in [0.4, 0.5) is 8.78 Å². The lowest BCUT2D eigenvalue weighted by atomic mass is 10.2. The lowest BCUT2D eigenvalue weighted by Gasteiger charge is -2.23. The van der Waals surface area contributed by atoms with Crippen molar-refractivity contribution >= 4 is 0 Å². The Morgan fingerprint density at radius 2 is 2.07 bits per heavy atom. The molecule has 1 aliphatic rings. The normalized spacial score (nSPS) is 27.9. The van der Waals surface area contributed by atoms with Crippen molar-refractivity contribution in [1.82, 2.24) is 5.32 Å². The molecule has 84 valence electrons. The van der Waals surface area contributed by atoms with E-state index >= 15 is 0 Å². The monoisotopic (exact) mass is 207 g/mol. The van der Waals surface area contributed by atoms with E-state index in [1.54, 1.807) is 0 Å². The maximum atomic E-state index is 11.9. The molecular weight excluding hydrogens is 188 g/mol. The highest BCUT2D eigenvalue weighted by Crippen LogP contribution is 2.22. The SMILES string of the molecule is CC(C)N[C@@H]1CCC[C@@H]1OCC(F)F. The molecule has 0 heterocycles. The Morgan fingerprint density at radius 1 is 1.36 bits per heavy atom. The highest BCUT2D eigenvalue weighted by Gasteiger charge is 2.28. The summed E-state index contributed by atoms with van der Waals surface area (Å²) in [6.45, 7) is 3.69. The summed E-state index contributed by atoms with van der Waals surface area (Å²) >= 11 is 0. The minimum absolute atomic E-state index is 0.0219. The molecule has 0 bridgehead atoms. The first-order valence-electron chi connectivity index (χ1n) is 5.25. The van der Waals surface area contributed by atoms with Crippen LogP contribution >= 0.6 is 0 Å². The van der Waals surface area contributed by atoms with Crippen LogP contribution in [0.2, 0.25) is 0 Å². The molecule has 1 fully saturated rings. The van der Waals surface area contributed by atoms with Gasteiger partial charge in [-0.05, 0) is 19.3 Å². The first-order chi connectivity index (χ1) is 6.59. The molecule has 2 nitrogen and oxygen atoms in total. The highest BCUT2D eigenvalue weighted by atomic mass is 19.3. The zero-order valence-corrected chi connectivity index (χ0v) is 8.80. The van der Waals surface area contributed by atoms with Gasteiger partial charge >= 0.3 is 0 Å². The van der Waals surface area contributed by atoms with Crippen LogP contribution in [-0.2, 0) is 4.74 Å². The van der Waals surface area contributed by atoms with E-state index in [0.717, 1.165) is 19.3 Å². The fourth-order valence-corrected chi connectivity index (χ4v) is 1.94. The lowest BCUT2D eigenvalue weighted by Crippen LogP contribution is -2.41. The topological polar surface area (TPSA) is 21.3 Å².